The van der Waals surface area contributed by atoms with Gasteiger partial charge < -0.3 is 10.1 Å². The fraction of sp³-hybridized carbons (Fsp3) is 0.579. The third kappa shape index (κ3) is 3.46. The molecule has 4 fully saturated rings. The van der Waals surface area contributed by atoms with Gasteiger partial charge in [-0.2, -0.15) is 0 Å². The number of ether oxygens (including phenoxy) is 1. The van der Waals surface area contributed by atoms with Gasteiger partial charge in [-0.25, -0.2) is 9.18 Å². The molecule has 0 radical (unpaired) electrons. The Hall–Kier alpha value is -1.43. The second-order valence-corrected chi connectivity index (χ2v) is 8.80. The highest BCUT2D eigenvalue weighted by atomic mass is 79.9. The molecule has 1 aromatic rings. The predicted octanol–water partition coefficient (Wildman–Crippen LogP) is 3.83. The van der Waals surface area contributed by atoms with E-state index in [-0.39, 0.29) is 23.6 Å². The molecule has 0 aliphatic heterocycles. The summed E-state index contributed by atoms with van der Waals surface area (Å²) in [6, 6.07) is 3.80. The third-order valence-electron chi connectivity index (χ3n) is 5.93. The SMILES string of the molecule is O=C(COC(=O)c1cc(F)ccc1Br)NC12CC3CC(CC(C3)C1)C2. The van der Waals surface area contributed by atoms with Crippen LogP contribution in [0.5, 0.6) is 0 Å². The molecule has 1 amide bonds. The minimum atomic E-state index is -0.702. The van der Waals surface area contributed by atoms with Crippen LogP contribution < -0.4 is 5.32 Å². The van der Waals surface area contributed by atoms with E-state index in [0.29, 0.717) is 4.47 Å². The molecule has 4 saturated carbocycles. The minimum Gasteiger partial charge on any atom is -0.452 e. The largest absolute Gasteiger partial charge is 0.452 e. The molecule has 0 saturated heterocycles. The molecule has 1 N–H and O–H groups in total. The molecule has 1 aromatic carbocycles. The monoisotopic (exact) mass is 409 g/mol. The van der Waals surface area contributed by atoms with Crippen LogP contribution in [0.3, 0.4) is 0 Å². The number of halogens is 2. The van der Waals surface area contributed by atoms with Crippen LogP contribution >= 0.6 is 15.9 Å². The van der Waals surface area contributed by atoms with Crippen molar-refractivity contribution in [3.8, 4) is 0 Å². The van der Waals surface area contributed by atoms with Gasteiger partial charge in [0.2, 0.25) is 0 Å². The van der Waals surface area contributed by atoms with Gasteiger partial charge in [0.05, 0.1) is 5.56 Å². The van der Waals surface area contributed by atoms with Gasteiger partial charge in [0.1, 0.15) is 5.82 Å². The van der Waals surface area contributed by atoms with Gasteiger partial charge in [-0.1, -0.05) is 0 Å². The van der Waals surface area contributed by atoms with Gasteiger partial charge in [0.15, 0.2) is 6.61 Å². The molecule has 0 unspecified atom stereocenters. The van der Waals surface area contributed by atoms with E-state index < -0.39 is 11.8 Å². The number of hydrogen-bond donors (Lipinski definition) is 1. The summed E-state index contributed by atoms with van der Waals surface area (Å²) in [6.07, 6.45) is 7.06. The molecule has 0 aromatic heterocycles. The summed E-state index contributed by atoms with van der Waals surface area (Å²) in [7, 11) is 0. The molecule has 4 aliphatic rings. The lowest BCUT2D eigenvalue weighted by atomic mass is 9.53. The Labute approximate surface area is 154 Å². The average molecular weight is 410 g/mol. The summed E-state index contributed by atoms with van der Waals surface area (Å²) in [6.45, 7) is -0.330. The standard InChI is InChI=1S/C19H21BrFNO3/c20-16-2-1-14(21)6-15(16)18(24)25-10-17(23)22-19-7-11-3-12(8-19)5-13(4-11)9-19/h1-2,6,11-13H,3-5,7-10H2,(H,22,23). The van der Waals surface area contributed by atoms with Crippen molar-refractivity contribution in [1.82, 2.24) is 5.32 Å². The average Bonchev–Trinajstić information content (AvgIpc) is 2.53. The van der Waals surface area contributed by atoms with E-state index in [1.165, 1.54) is 31.4 Å². The quantitative estimate of drug-likeness (QED) is 0.768. The number of hydrogen-bond acceptors (Lipinski definition) is 3. The zero-order valence-electron chi connectivity index (χ0n) is 13.9. The predicted molar refractivity (Wildman–Crippen MR) is 93.4 cm³/mol. The van der Waals surface area contributed by atoms with E-state index in [1.54, 1.807) is 0 Å². The van der Waals surface area contributed by atoms with E-state index in [9.17, 15) is 14.0 Å². The molecule has 6 heteroatoms. The second-order valence-electron chi connectivity index (χ2n) is 7.95. The van der Waals surface area contributed by atoms with Gasteiger partial charge in [0, 0.05) is 10.0 Å². The van der Waals surface area contributed by atoms with Crippen LogP contribution in [0.1, 0.15) is 48.9 Å². The highest BCUT2D eigenvalue weighted by molar-refractivity contribution is 9.10. The molecule has 4 nitrogen and oxygen atoms in total. The zero-order valence-corrected chi connectivity index (χ0v) is 15.5. The fourth-order valence-electron chi connectivity index (χ4n) is 5.46. The van der Waals surface area contributed by atoms with Crippen molar-refractivity contribution in [3.05, 3.63) is 34.1 Å². The number of carbonyl (C=O) groups excluding carboxylic acids is 2. The topological polar surface area (TPSA) is 55.4 Å². The summed E-state index contributed by atoms with van der Waals surface area (Å²) in [5.74, 6) is 0.718. The first-order chi connectivity index (χ1) is 11.9. The summed E-state index contributed by atoms with van der Waals surface area (Å²) >= 11 is 3.20. The number of carbonyl (C=O) groups is 2. The molecule has 4 aliphatic carbocycles. The smallest absolute Gasteiger partial charge is 0.339 e. The molecule has 5 rings (SSSR count). The maximum absolute atomic E-state index is 13.3. The van der Waals surface area contributed by atoms with E-state index in [0.717, 1.165) is 43.1 Å². The Bertz CT molecular complexity index is 685. The fourth-order valence-corrected chi connectivity index (χ4v) is 5.87. The van der Waals surface area contributed by atoms with Crippen molar-refractivity contribution in [3.63, 3.8) is 0 Å². The minimum absolute atomic E-state index is 0.0857. The van der Waals surface area contributed by atoms with Crippen LogP contribution in [0, 0.1) is 23.6 Å². The van der Waals surface area contributed by atoms with Gasteiger partial charge >= 0.3 is 5.97 Å². The molecular weight excluding hydrogens is 389 g/mol. The Morgan fingerprint density at radius 1 is 1.16 bits per heavy atom. The number of amides is 1. The van der Waals surface area contributed by atoms with E-state index in [2.05, 4.69) is 21.2 Å². The van der Waals surface area contributed by atoms with Gasteiger partial charge in [0.25, 0.3) is 5.91 Å². The number of benzene rings is 1. The van der Waals surface area contributed by atoms with Gasteiger partial charge in [-0.3, -0.25) is 4.79 Å². The normalized spacial score (nSPS) is 32.5. The summed E-state index contributed by atoms with van der Waals surface area (Å²) in [5, 5.41) is 3.16. The molecule has 0 spiro atoms. The molecular formula is C19H21BrFNO3. The van der Waals surface area contributed by atoms with Gasteiger partial charge in [-0.05, 0) is 90.4 Å². The Kier molecular flexibility index (Phi) is 4.34. The molecule has 0 atom stereocenters. The van der Waals surface area contributed by atoms with Crippen molar-refractivity contribution in [2.75, 3.05) is 6.61 Å². The lowest BCUT2D eigenvalue weighted by molar-refractivity contribution is -0.130. The first-order valence-electron chi connectivity index (χ1n) is 8.86. The second kappa shape index (κ2) is 6.38. The summed E-state index contributed by atoms with van der Waals surface area (Å²) < 4.78 is 18.8. The van der Waals surface area contributed by atoms with Crippen LogP contribution in [0.4, 0.5) is 4.39 Å². The molecule has 0 heterocycles. The first kappa shape index (κ1) is 17.0. The zero-order chi connectivity index (χ0) is 17.6. The maximum atomic E-state index is 13.3. The highest BCUT2D eigenvalue weighted by Crippen LogP contribution is 2.55. The van der Waals surface area contributed by atoms with Crippen molar-refractivity contribution in [2.24, 2.45) is 17.8 Å². The lowest BCUT2D eigenvalue weighted by Gasteiger charge is -2.56. The number of rotatable bonds is 4. The van der Waals surface area contributed by atoms with Crippen LogP contribution in [-0.2, 0) is 9.53 Å². The van der Waals surface area contributed by atoms with Crippen LogP contribution in [0.2, 0.25) is 0 Å². The van der Waals surface area contributed by atoms with Crippen molar-refractivity contribution >= 4 is 27.8 Å². The van der Waals surface area contributed by atoms with Crippen LogP contribution in [0.25, 0.3) is 0 Å². The molecule has 25 heavy (non-hydrogen) atoms. The number of esters is 1. The molecule has 4 bridgehead atoms. The first-order valence-corrected chi connectivity index (χ1v) is 9.65. The van der Waals surface area contributed by atoms with Crippen molar-refractivity contribution < 1.29 is 18.7 Å². The third-order valence-corrected chi connectivity index (χ3v) is 6.62. The van der Waals surface area contributed by atoms with E-state index in [1.807, 2.05) is 0 Å². The van der Waals surface area contributed by atoms with Gasteiger partial charge in [-0.15, -0.1) is 0 Å². The van der Waals surface area contributed by atoms with E-state index in [4.69, 9.17) is 4.74 Å². The highest BCUT2D eigenvalue weighted by Gasteiger charge is 2.51. The molecule has 134 valence electrons. The lowest BCUT2D eigenvalue weighted by Crippen LogP contribution is -2.60. The Balaban J connectivity index is 1.35. The summed E-state index contributed by atoms with van der Waals surface area (Å²) in [5.41, 5.74) is -0.0138. The maximum Gasteiger partial charge on any atom is 0.339 e. The van der Waals surface area contributed by atoms with Crippen molar-refractivity contribution in [1.29, 1.82) is 0 Å². The van der Waals surface area contributed by atoms with Crippen LogP contribution in [0.15, 0.2) is 22.7 Å². The van der Waals surface area contributed by atoms with Crippen molar-refractivity contribution in [2.45, 2.75) is 44.1 Å². The van der Waals surface area contributed by atoms with Crippen LogP contribution in [-0.4, -0.2) is 24.0 Å². The Morgan fingerprint density at radius 2 is 1.76 bits per heavy atom. The summed E-state index contributed by atoms with van der Waals surface area (Å²) in [4.78, 5) is 24.4. The Morgan fingerprint density at radius 3 is 2.36 bits per heavy atom. The van der Waals surface area contributed by atoms with E-state index >= 15 is 0 Å². The number of nitrogens with one attached hydrogen (secondary N) is 1.